The number of hydrogen-bond donors (Lipinski definition) is 1. The first-order valence-corrected chi connectivity index (χ1v) is 11.5. The highest BCUT2D eigenvalue weighted by Crippen LogP contribution is 2.25. The van der Waals surface area contributed by atoms with E-state index in [1.165, 1.54) is 13.2 Å². The number of Topliss-reactive ketones (excluding diaryl/α,β-unsaturated/α-hetero) is 1. The molecule has 0 saturated carbocycles. The van der Waals surface area contributed by atoms with Gasteiger partial charge in [-0.2, -0.15) is 0 Å². The molecule has 0 bridgehead atoms. The molecule has 0 aliphatic heterocycles. The molecule has 5 heterocycles. The van der Waals surface area contributed by atoms with E-state index < -0.39 is 18.4 Å². The van der Waals surface area contributed by atoms with E-state index in [1.807, 2.05) is 18.2 Å². The minimum absolute atomic E-state index is 0.0329. The molecule has 5 rings (SSSR count). The summed E-state index contributed by atoms with van der Waals surface area (Å²) in [4.78, 5) is 31.1. The standard InChI is InChI=1S/C15H13N3O5.C11H10N2O3/c1-9-10(14(18-22-9)11-5-3-4-6-16-11)8-21-13-7-12(23-17-13)15(19)20-2;1-7-10(9(15)6-14)11(13-16-7)8-4-2-3-5-12-8/h3-7H,8H2,1-2H3;2-5,14H,6H2,1H3. The highest BCUT2D eigenvalue weighted by molar-refractivity contribution is 6.02. The van der Waals surface area contributed by atoms with E-state index >= 15 is 0 Å². The Morgan fingerprint density at radius 1 is 0.872 bits per heavy atom. The second kappa shape index (κ2) is 12.4. The molecular weight excluding hydrogens is 510 g/mol. The Labute approximate surface area is 221 Å². The molecule has 0 fully saturated rings. The number of ketones is 1. The van der Waals surface area contributed by atoms with Crippen LogP contribution in [0.4, 0.5) is 0 Å². The number of ether oxygens (including phenoxy) is 2. The summed E-state index contributed by atoms with van der Waals surface area (Å²) in [5.74, 6) is 0.0941. The maximum atomic E-state index is 11.5. The van der Waals surface area contributed by atoms with Gasteiger partial charge in [0.25, 0.3) is 5.88 Å². The van der Waals surface area contributed by atoms with Gasteiger partial charge in [0.2, 0.25) is 5.76 Å². The van der Waals surface area contributed by atoms with Crippen LogP contribution in [0.5, 0.6) is 5.88 Å². The smallest absolute Gasteiger partial charge is 0.377 e. The fraction of sp³-hybridized carbons (Fsp3) is 0.192. The number of nitrogens with zero attached hydrogens (tertiary/aromatic N) is 5. The van der Waals surface area contributed by atoms with Crippen LogP contribution in [0.2, 0.25) is 0 Å². The number of esters is 1. The van der Waals surface area contributed by atoms with Gasteiger partial charge in [-0.25, -0.2) is 4.79 Å². The van der Waals surface area contributed by atoms with Crippen LogP contribution >= 0.6 is 0 Å². The third kappa shape index (κ3) is 6.22. The van der Waals surface area contributed by atoms with Crippen molar-refractivity contribution in [2.24, 2.45) is 0 Å². The predicted octanol–water partition coefficient (Wildman–Crippen LogP) is 3.62. The van der Waals surface area contributed by atoms with Gasteiger partial charge in [0.15, 0.2) is 5.78 Å². The molecular formula is C26H23N5O8. The number of carbonyl (C=O) groups excluding carboxylic acids is 2. The van der Waals surface area contributed by atoms with Gasteiger partial charge in [-0.15, -0.1) is 0 Å². The Morgan fingerprint density at radius 2 is 1.51 bits per heavy atom. The number of methoxy groups -OCH3 is 1. The van der Waals surface area contributed by atoms with Gasteiger partial charge in [-0.05, 0) is 43.3 Å². The van der Waals surface area contributed by atoms with Crippen LogP contribution < -0.4 is 4.74 Å². The van der Waals surface area contributed by atoms with Crippen LogP contribution in [0.25, 0.3) is 22.8 Å². The molecule has 0 atom stereocenters. The number of aryl methyl sites for hydroxylation is 2. The van der Waals surface area contributed by atoms with E-state index in [1.54, 1.807) is 44.4 Å². The number of aliphatic hydroxyl groups excluding tert-OH is 1. The average molecular weight is 533 g/mol. The third-order valence-electron chi connectivity index (χ3n) is 5.32. The molecule has 13 heteroatoms. The molecule has 0 unspecified atom stereocenters. The van der Waals surface area contributed by atoms with Crippen molar-refractivity contribution >= 4 is 11.8 Å². The van der Waals surface area contributed by atoms with Gasteiger partial charge in [0.1, 0.15) is 36.1 Å². The van der Waals surface area contributed by atoms with Crippen molar-refractivity contribution in [2.45, 2.75) is 20.5 Å². The zero-order valence-electron chi connectivity index (χ0n) is 21.2. The van der Waals surface area contributed by atoms with E-state index in [0.717, 1.165) is 5.56 Å². The molecule has 0 radical (unpaired) electrons. The summed E-state index contributed by atoms with van der Waals surface area (Å²) in [6.45, 7) is 2.99. The molecule has 5 aromatic rings. The van der Waals surface area contributed by atoms with Gasteiger partial charge >= 0.3 is 5.97 Å². The lowest BCUT2D eigenvalue weighted by atomic mass is 10.1. The number of pyridine rings is 2. The quantitative estimate of drug-likeness (QED) is 0.226. The largest absolute Gasteiger partial charge is 0.470 e. The van der Waals surface area contributed by atoms with Gasteiger partial charge in [-0.1, -0.05) is 22.4 Å². The van der Waals surface area contributed by atoms with Crippen LogP contribution in [-0.2, 0) is 11.3 Å². The molecule has 5 aromatic heterocycles. The Bertz CT molecular complexity index is 1540. The third-order valence-corrected chi connectivity index (χ3v) is 5.32. The number of hydrogen-bond acceptors (Lipinski definition) is 13. The average Bonchev–Trinajstić information content (AvgIpc) is 3.71. The maximum Gasteiger partial charge on any atom is 0.377 e. The number of aromatic nitrogens is 5. The van der Waals surface area contributed by atoms with Crippen molar-refractivity contribution in [2.75, 3.05) is 13.7 Å². The lowest BCUT2D eigenvalue weighted by Crippen LogP contribution is -2.06. The minimum atomic E-state index is -0.623. The molecule has 1 N–H and O–H groups in total. The monoisotopic (exact) mass is 533 g/mol. The summed E-state index contributed by atoms with van der Waals surface area (Å²) >= 11 is 0. The second-order valence-corrected chi connectivity index (χ2v) is 7.85. The normalized spacial score (nSPS) is 10.5. The Hall–Kier alpha value is -5.17. The van der Waals surface area contributed by atoms with Crippen LogP contribution in [0, 0.1) is 13.8 Å². The highest BCUT2D eigenvalue weighted by Gasteiger charge is 2.21. The topological polar surface area (TPSA) is 177 Å². The minimum Gasteiger partial charge on any atom is -0.470 e. The van der Waals surface area contributed by atoms with Crippen molar-refractivity contribution in [3.8, 4) is 28.7 Å². The first-order valence-electron chi connectivity index (χ1n) is 11.5. The second-order valence-electron chi connectivity index (χ2n) is 7.85. The van der Waals surface area contributed by atoms with E-state index in [9.17, 15) is 9.59 Å². The lowest BCUT2D eigenvalue weighted by molar-refractivity contribution is 0.0554. The SMILES string of the molecule is COC(=O)c1cc(OCc2c(-c3ccccn3)noc2C)no1.Cc1onc(-c2ccccn2)c1C(=O)CO. The molecule has 0 aromatic carbocycles. The maximum absolute atomic E-state index is 11.5. The fourth-order valence-corrected chi connectivity index (χ4v) is 3.39. The lowest BCUT2D eigenvalue weighted by Gasteiger charge is -2.02. The summed E-state index contributed by atoms with van der Waals surface area (Å²) in [5.41, 5.74) is 3.24. The molecule has 0 spiro atoms. The van der Waals surface area contributed by atoms with E-state index in [2.05, 4.69) is 30.2 Å². The molecule has 0 aliphatic rings. The van der Waals surface area contributed by atoms with Crippen molar-refractivity contribution in [3.63, 3.8) is 0 Å². The van der Waals surface area contributed by atoms with E-state index in [0.29, 0.717) is 39.9 Å². The number of aliphatic hydroxyl groups is 1. The van der Waals surface area contributed by atoms with E-state index in [-0.39, 0.29) is 18.2 Å². The molecule has 13 nitrogen and oxygen atoms in total. The summed E-state index contributed by atoms with van der Waals surface area (Å²) in [5, 5.41) is 20.3. The number of carbonyl (C=O) groups is 2. The predicted molar refractivity (Wildman–Crippen MR) is 133 cm³/mol. The molecule has 0 amide bonds. The first-order chi connectivity index (χ1) is 18.9. The van der Waals surface area contributed by atoms with E-state index in [4.69, 9.17) is 23.4 Å². The van der Waals surface area contributed by atoms with Crippen molar-refractivity contribution < 1.29 is 37.7 Å². The van der Waals surface area contributed by atoms with Crippen LogP contribution in [0.3, 0.4) is 0 Å². The van der Waals surface area contributed by atoms with Gasteiger partial charge in [0.05, 0.1) is 35.7 Å². The molecule has 0 saturated heterocycles. The van der Waals surface area contributed by atoms with Gasteiger partial charge in [0, 0.05) is 12.4 Å². The summed E-state index contributed by atoms with van der Waals surface area (Å²) in [7, 11) is 1.25. The summed E-state index contributed by atoms with van der Waals surface area (Å²) in [6.07, 6.45) is 3.27. The zero-order chi connectivity index (χ0) is 27.8. The Balaban J connectivity index is 0.000000193. The highest BCUT2D eigenvalue weighted by atomic mass is 16.6. The number of rotatable bonds is 8. The Kier molecular flexibility index (Phi) is 8.53. The van der Waals surface area contributed by atoms with Crippen molar-refractivity contribution in [3.05, 3.63) is 83.3 Å². The van der Waals surface area contributed by atoms with Gasteiger partial charge in [-0.3, -0.25) is 14.8 Å². The zero-order valence-corrected chi connectivity index (χ0v) is 21.2. The fourth-order valence-electron chi connectivity index (χ4n) is 3.39. The van der Waals surface area contributed by atoms with Crippen LogP contribution in [-0.4, -0.2) is 56.0 Å². The first kappa shape index (κ1) is 26.9. The van der Waals surface area contributed by atoms with Crippen LogP contribution in [0.15, 0.2) is 68.4 Å². The Morgan fingerprint density at radius 3 is 2.13 bits per heavy atom. The summed E-state index contributed by atoms with van der Waals surface area (Å²) in [6, 6.07) is 12.1. The molecule has 39 heavy (non-hydrogen) atoms. The molecule has 200 valence electrons. The van der Waals surface area contributed by atoms with Crippen molar-refractivity contribution in [1.29, 1.82) is 0 Å². The summed E-state index contributed by atoms with van der Waals surface area (Å²) < 4.78 is 25.1. The molecule has 0 aliphatic carbocycles. The van der Waals surface area contributed by atoms with Crippen molar-refractivity contribution in [1.82, 2.24) is 25.4 Å². The van der Waals surface area contributed by atoms with Crippen LogP contribution in [0.1, 0.15) is 38.0 Å². The van der Waals surface area contributed by atoms with Gasteiger partial charge < -0.3 is 28.1 Å².